The van der Waals surface area contributed by atoms with Gasteiger partial charge in [-0.05, 0) is 30.5 Å². The van der Waals surface area contributed by atoms with Gasteiger partial charge in [-0.3, -0.25) is 4.79 Å². The van der Waals surface area contributed by atoms with Crippen LogP contribution < -0.4 is 0 Å². The summed E-state index contributed by atoms with van der Waals surface area (Å²) < 4.78 is 46.0. The van der Waals surface area contributed by atoms with Crippen molar-refractivity contribution >= 4 is 15.9 Å². The molecule has 0 N–H and O–H groups in total. The van der Waals surface area contributed by atoms with Gasteiger partial charge in [0.15, 0.2) is 0 Å². The molecule has 1 atom stereocenters. The fourth-order valence-electron chi connectivity index (χ4n) is 3.75. The van der Waals surface area contributed by atoms with Gasteiger partial charge in [-0.15, -0.1) is 0 Å². The second-order valence-electron chi connectivity index (χ2n) is 7.04. The number of ether oxygens (including phenoxy) is 1. The molecular weight excluding hydrogens is 359 g/mol. The van der Waals surface area contributed by atoms with E-state index in [9.17, 15) is 17.6 Å². The van der Waals surface area contributed by atoms with E-state index in [0.29, 0.717) is 31.7 Å². The lowest BCUT2D eigenvalue weighted by atomic mass is 9.96. The number of halogens is 1. The molecule has 0 aromatic heterocycles. The predicted octanol–water partition coefficient (Wildman–Crippen LogP) is 1.76. The third-order valence-electron chi connectivity index (χ3n) is 5.10. The van der Waals surface area contributed by atoms with Crippen molar-refractivity contribution in [3.63, 3.8) is 0 Å². The van der Waals surface area contributed by atoms with Crippen LogP contribution in [-0.2, 0) is 25.3 Å². The van der Waals surface area contributed by atoms with Crippen LogP contribution in [0, 0.1) is 5.82 Å². The fraction of sp³-hybridized carbons (Fsp3) is 0.611. The smallest absolute Gasteiger partial charge is 0.224 e. The summed E-state index contributed by atoms with van der Waals surface area (Å²) in [4.78, 5) is 14.5. The third kappa shape index (κ3) is 3.92. The highest BCUT2D eigenvalue weighted by Crippen LogP contribution is 2.32. The van der Waals surface area contributed by atoms with Gasteiger partial charge in [-0.2, -0.15) is 4.31 Å². The van der Waals surface area contributed by atoms with E-state index >= 15 is 0 Å². The molecule has 3 rings (SSSR count). The van der Waals surface area contributed by atoms with E-state index in [2.05, 4.69) is 0 Å². The molecule has 0 bridgehead atoms. The largest absolute Gasteiger partial charge is 0.379 e. The number of carbonyl (C=O) groups is 1. The lowest BCUT2D eigenvalue weighted by Crippen LogP contribution is -2.57. The van der Waals surface area contributed by atoms with Crippen LogP contribution in [0.1, 0.15) is 31.7 Å². The van der Waals surface area contributed by atoms with Gasteiger partial charge in [0.2, 0.25) is 15.9 Å². The monoisotopic (exact) mass is 384 g/mol. The number of benzene rings is 1. The lowest BCUT2D eigenvalue weighted by molar-refractivity contribution is -0.136. The van der Waals surface area contributed by atoms with Gasteiger partial charge in [-0.25, -0.2) is 12.8 Å². The first-order chi connectivity index (χ1) is 12.4. The fourth-order valence-corrected chi connectivity index (χ4v) is 5.35. The van der Waals surface area contributed by atoms with Crippen molar-refractivity contribution in [3.8, 4) is 0 Å². The standard InChI is InChI=1S/C18H25FN2O4S/c1-2-9-21-17(22)7-10-20(13-18(21)8-11-25-14-18)26(23,24)12-15-3-5-16(19)6-4-15/h3-6H,2,7-14H2,1H3. The minimum absolute atomic E-state index is 0.0168. The van der Waals surface area contributed by atoms with Crippen LogP contribution in [0.3, 0.4) is 0 Å². The van der Waals surface area contributed by atoms with E-state index in [1.54, 1.807) is 0 Å². The van der Waals surface area contributed by atoms with Crippen molar-refractivity contribution in [2.45, 2.75) is 37.5 Å². The molecule has 0 radical (unpaired) electrons. The van der Waals surface area contributed by atoms with Crippen LogP contribution in [0.15, 0.2) is 24.3 Å². The quantitative estimate of drug-likeness (QED) is 0.776. The highest BCUT2D eigenvalue weighted by atomic mass is 32.2. The molecule has 1 spiro atoms. The minimum atomic E-state index is -3.62. The van der Waals surface area contributed by atoms with E-state index in [-0.39, 0.29) is 31.2 Å². The molecule has 8 heteroatoms. The number of amides is 1. The summed E-state index contributed by atoms with van der Waals surface area (Å²) in [6.45, 7) is 3.92. The normalized spacial score (nSPS) is 25.0. The Kier molecular flexibility index (Phi) is 5.64. The molecule has 2 heterocycles. The summed E-state index contributed by atoms with van der Waals surface area (Å²) in [5, 5.41) is 0. The van der Waals surface area contributed by atoms with Crippen LogP contribution in [0.25, 0.3) is 0 Å². The van der Waals surface area contributed by atoms with E-state index in [1.165, 1.54) is 28.6 Å². The number of hydrogen-bond donors (Lipinski definition) is 0. The summed E-state index contributed by atoms with van der Waals surface area (Å²) in [6, 6.07) is 5.47. The molecule has 1 aromatic carbocycles. The Morgan fingerprint density at radius 2 is 2.00 bits per heavy atom. The number of hydrogen-bond acceptors (Lipinski definition) is 4. The molecule has 1 amide bonds. The van der Waals surface area contributed by atoms with E-state index in [4.69, 9.17) is 4.74 Å². The van der Waals surface area contributed by atoms with Crippen molar-refractivity contribution in [1.29, 1.82) is 0 Å². The maximum Gasteiger partial charge on any atom is 0.224 e. The Bertz CT molecular complexity index is 745. The highest BCUT2D eigenvalue weighted by Gasteiger charge is 2.47. The van der Waals surface area contributed by atoms with Crippen molar-refractivity contribution in [2.75, 3.05) is 32.8 Å². The lowest BCUT2D eigenvalue weighted by Gasteiger charge is -2.40. The van der Waals surface area contributed by atoms with Gasteiger partial charge in [0, 0.05) is 32.7 Å². The zero-order chi connectivity index (χ0) is 18.8. The van der Waals surface area contributed by atoms with Gasteiger partial charge >= 0.3 is 0 Å². The molecule has 0 saturated carbocycles. The Hall–Kier alpha value is -1.51. The maximum absolute atomic E-state index is 13.1. The van der Waals surface area contributed by atoms with Crippen molar-refractivity contribution in [1.82, 2.24) is 9.21 Å². The van der Waals surface area contributed by atoms with Crippen LogP contribution in [0.4, 0.5) is 4.39 Å². The molecule has 144 valence electrons. The number of nitrogens with zero attached hydrogens (tertiary/aromatic N) is 2. The summed E-state index contributed by atoms with van der Waals surface area (Å²) in [5.41, 5.74) is -0.0523. The molecule has 2 aliphatic heterocycles. The summed E-state index contributed by atoms with van der Waals surface area (Å²) in [7, 11) is -3.62. The summed E-state index contributed by atoms with van der Waals surface area (Å²) in [5.74, 6) is -0.618. The molecule has 2 saturated heterocycles. The second-order valence-corrected chi connectivity index (χ2v) is 9.01. The summed E-state index contributed by atoms with van der Waals surface area (Å²) in [6.07, 6.45) is 1.63. The zero-order valence-electron chi connectivity index (χ0n) is 15.0. The van der Waals surface area contributed by atoms with E-state index in [1.807, 2.05) is 11.8 Å². The maximum atomic E-state index is 13.1. The molecule has 26 heavy (non-hydrogen) atoms. The van der Waals surface area contributed by atoms with Gasteiger partial charge in [-0.1, -0.05) is 19.1 Å². The van der Waals surface area contributed by atoms with Gasteiger partial charge in [0.05, 0.1) is 17.9 Å². The number of carbonyl (C=O) groups excluding carboxylic acids is 1. The Morgan fingerprint density at radius 1 is 1.27 bits per heavy atom. The molecule has 2 fully saturated rings. The van der Waals surface area contributed by atoms with Gasteiger partial charge < -0.3 is 9.64 Å². The van der Waals surface area contributed by atoms with Crippen LogP contribution >= 0.6 is 0 Å². The van der Waals surface area contributed by atoms with Crippen molar-refractivity contribution in [2.24, 2.45) is 0 Å². The Balaban J connectivity index is 1.85. The van der Waals surface area contributed by atoms with Gasteiger partial charge in [0.1, 0.15) is 5.82 Å². The van der Waals surface area contributed by atoms with Crippen LogP contribution in [-0.4, -0.2) is 61.9 Å². The Labute approximate surface area is 154 Å². The molecule has 0 aliphatic carbocycles. The van der Waals surface area contributed by atoms with E-state index in [0.717, 1.165) is 6.42 Å². The SMILES string of the molecule is CCCN1C(=O)CCN(S(=O)(=O)Cc2ccc(F)cc2)CC12CCOC2. The molecule has 2 aliphatic rings. The highest BCUT2D eigenvalue weighted by molar-refractivity contribution is 7.88. The van der Waals surface area contributed by atoms with Gasteiger partial charge in [0.25, 0.3) is 0 Å². The average Bonchev–Trinajstić information content (AvgIpc) is 3.02. The number of rotatable bonds is 5. The minimum Gasteiger partial charge on any atom is -0.379 e. The molecule has 1 aromatic rings. The number of sulfonamides is 1. The first kappa shape index (κ1) is 19.3. The first-order valence-corrected chi connectivity index (χ1v) is 10.6. The molecule has 1 unspecified atom stereocenters. The zero-order valence-corrected chi connectivity index (χ0v) is 15.8. The second kappa shape index (κ2) is 7.62. The third-order valence-corrected chi connectivity index (χ3v) is 6.90. The van der Waals surface area contributed by atoms with Crippen LogP contribution in [0.5, 0.6) is 0 Å². The first-order valence-electron chi connectivity index (χ1n) is 8.97. The average molecular weight is 384 g/mol. The van der Waals surface area contributed by atoms with Crippen molar-refractivity contribution < 1.29 is 22.3 Å². The summed E-state index contributed by atoms with van der Waals surface area (Å²) >= 11 is 0. The predicted molar refractivity (Wildman–Crippen MR) is 95.4 cm³/mol. The van der Waals surface area contributed by atoms with E-state index < -0.39 is 21.4 Å². The van der Waals surface area contributed by atoms with Crippen molar-refractivity contribution in [3.05, 3.63) is 35.6 Å². The topological polar surface area (TPSA) is 66.9 Å². The molecular formula is C18H25FN2O4S. The van der Waals surface area contributed by atoms with Crippen LogP contribution in [0.2, 0.25) is 0 Å². The molecule has 6 nitrogen and oxygen atoms in total. The Morgan fingerprint density at radius 3 is 2.62 bits per heavy atom.